The Morgan fingerprint density at radius 3 is 1.38 bits per heavy atom. The fourth-order valence-electron chi connectivity index (χ4n) is 0.788. The predicted molar refractivity (Wildman–Crippen MR) is 53.0 cm³/mol. The van der Waals surface area contributed by atoms with Crippen LogP contribution in [0.25, 0.3) is 0 Å². The second-order valence-electron chi connectivity index (χ2n) is 3.45. The Morgan fingerprint density at radius 2 is 1.08 bits per heavy atom. The quantitative estimate of drug-likeness (QED) is 0.547. The molecule has 0 aliphatic heterocycles. The molecule has 0 spiro atoms. The molecule has 3 nitrogen and oxygen atoms in total. The normalized spacial score (nSPS) is 11.5. The minimum Gasteiger partial charge on any atom is -0.377 e. The van der Waals surface area contributed by atoms with Gasteiger partial charge in [0.05, 0.1) is 38.6 Å². The zero-order valence-corrected chi connectivity index (χ0v) is 9.21. The molecule has 0 aromatic heterocycles. The monoisotopic (exact) mass is 190 g/mol. The van der Waals surface area contributed by atoms with E-state index in [0.717, 1.165) is 0 Å². The lowest BCUT2D eigenvalue weighted by molar-refractivity contribution is -0.0124. The summed E-state index contributed by atoms with van der Waals surface area (Å²) in [4.78, 5) is 0. The van der Waals surface area contributed by atoms with E-state index in [0.29, 0.717) is 26.4 Å². The summed E-state index contributed by atoms with van der Waals surface area (Å²) in [5, 5.41) is 0. The molecule has 0 saturated heterocycles. The molecule has 0 amide bonds. The van der Waals surface area contributed by atoms with Crippen LogP contribution in [0.5, 0.6) is 0 Å². The molecule has 0 rings (SSSR count). The molecule has 0 unspecified atom stereocenters. The SMILES string of the molecule is CC(C)OCCOCCOC(C)C. The van der Waals surface area contributed by atoms with Gasteiger partial charge >= 0.3 is 0 Å². The number of rotatable bonds is 8. The van der Waals surface area contributed by atoms with Gasteiger partial charge in [-0.1, -0.05) is 0 Å². The largest absolute Gasteiger partial charge is 0.377 e. The van der Waals surface area contributed by atoms with E-state index in [-0.39, 0.29) is 12.2 Å². The maximum Gasteiger partial charge on any atom is 0.0703 e. The minimum atomic E-state index is 0.288. The van der Waals surface area contributed by atoms with E-state index in [1.807, 2.05) is 27.7 Å². The molecule has 0 aliphatic rings. The highest BCUT2D eigenvalue weighted by Crippen LogP contribution is 1.89. The van der Waals surface area contributed by atoms with Crippen molar-refractivity contribution in [1.82, 2.24) is 0 Å². The van der Waals surface area contributed by atoms with Crippen molar-refractivity contribution in [3.63, 3.8) is 0 Å². The summed E-state index contributed by atoms with van der Waals surface area (Å²) in [5.74, 6) is 0. The van der Waals surface area contributed by atoms with Gasteiger partial charge in [0.1, 0.15) is 0 Å². The van der Waals surface area contributed by atoms with Gasteiger partial charge in [-0.3, -0.25) is 0 Å². The van der Waals surface area contributed by atoms with Crippen molar-refractivity contribution in [3.05, 3.63) is 0 Å². The first-order valence-electron chi connectivity index (χ1n) is 4.94. The zero-order chi connectivity index (χ0) is 10.1. The molecule has 0 aromatic rings. The summed E-state index contributed by atoms with van der Waals surface area (Å²) in [7, 11) is 0. The molecule has 0 atom stereocenters. The Hall–Kier alpha value is -0.120. The molecule has 0 radical (unpaired) electrons. The zero-order valence-electron chi connectivity index (χ0n) is 9.21. The molecular weight excluding hydrogens is 168 g/mol. The van der Waals surface area contributed by atoms with E-state index < -0.39 is 0 Å². The van der Waals surface area contributed by atoms with Crippen molar-refractivity contribution in [2.45, 2.75) is 39.9 Å². The molecule has 0 fully saturated rings. The number of ether oxygens (including phenoxy) is 3. The van der Waals surface area contributed by atoms with Crippen LogP contribution in [0.3, 0.4) is 0 Å². The lowest BCUT2D eigenvalue weighted by Crippen LogP contribution is -2.13. The van der Waals surface area contributed by atoms with E-state index >= 15 is 0 Å². The Bertz CT molecular complexity index is 90.3. The standard InChI is InChI=1S/C10H22O3/c1-9(2)12-7-5-11-6-8-13-10(3)4/h9-10H,5-8H2,1-4H3. The van der Waals surface area contributed by atoms with Gasteiger partial charge in [0.2, 0.25) is 0 Å². The van der Waals surface area contributed by atoms with Crippen LogP contribution in [0.4, 0.5) is 0 Å². The van der Waals surface area contributed by atoms with Gasteiger partial charge in [-0.05, 0) is 27.7 Å². The van der Waals surface area contributed by atoms with Crippen molar-refractivity contribution >= 4 is 0 Å². The van der Waals surface area contributed by atoms with Crippen LogP contribution in [-0.4, -0.2) is 38.6 Å². The first-order chi connectivity index (χ1) is 6.13. The highest BCUT2D eigenvalue weighted by molar-refractivity contribution is 4.39. The van der Waals surface area contributed by atoms with Crippen molar-refractivity contribution in [3.8, 4) is 0 Å². The molecule has 0 N–H and O–H groups in total. The Labute approximate surface area is 81.4 Å². The smallest absolute Gasteiger partial charge is 0.0703 e. The summed E-state index contributed by atoms with van der Waals surface area (Å²) in [5.41, 5.74) is 0. The molecule has 0 bridgehead atoms. The second-order valence-corrected chi connectivity index (χ2v) is 3.45. The van der Waals surface area contributed by atoms with E-state index in [9.17, 15) is 0 Å². The van der Waals surface area contributed by atoms with Crippen LogP contribution in [-0.2, 0) is 14.2 Å². The van der Waals surface area contributed by atoms with E-state index in [1.54, 1.807) is 0 Å². The van der Waals surface area contributed by atoms with Crippen LogP contribution in [0, 0.1) is 0 Å². The van der Waals surface area contributed by atoms with Gasteiger partial charge in [-0.25, -0.2) is 0 Å². The Morgan fingerprint density at radius 1 is 0.692 bits per heavy atom. The predicted octanol–water partition coefficient (Wildman–Crippen LogP) is 1.85. The lowest BCUT2D eigenvalue weighted by atomic mass is 10.5. The summed E-state index contributed by atoms with van der Waals surface area (Å²) in [6, 6.07) is 0. The van der Waals surface area contributed by atoms with Crippen LogP contribution in [0.1, 0.15) is 27.7 Å². The molecule has 3 heteroatoms. The van der Waals surface area contributed by atoms with Gasteiger partial charge in [0.15, 0.2) is 0 Å². The van der Waals surface area contributed by atoms with Gasteiger partial charge in [-0.15, -0.1) is 0 Å². The summed E-state index contributed by atoms with van der Waals surface area (Å²) < 4.78 is 15.9. The Balaban J connectivity index is 2.92. The van der Waals surface area contributed by atoms with Crippen molar-refractivity contribution < 1.29 is 14.2 Å². The van der Waals surface area contributed by atoms with Crippen LogP contribution in [0.15, 0.2) is 0 Å². The molecular formula is C10H22O3. The maximum atomic E-state index is 5.30. The van der Waals surface area contributed by atoms with Crippen molar-refractivity contribution in [2.75, 3.05) is 26.4 Å². The van der Waals surface area contributed by atoms with Gasteiger partial charge in [0, 0.05) is 0 Å². The first-order valence-corrected chi connectivity index (χ1v) is 4.94. The minimum absolute atomic E-state index is 0.288. The fourth-order valence-corrected chi connectivity index (χ4v) is 0.788. The van der Waals surface area contributed by atoms with Crippen LogP contribution >= 0.6 is 0 Å². The third kappa shape index (κ3) is 11.9. The Kier molecular flexibility index (Phi) is 8.40. The highest BCUT2D eigenvalue weighted by atomic mass is 16.5. The molecule has 0 aliphatic carbocycles. The molecule has 13 heavy (non-hydrogen) atoms. The fraction of sp³-hybridized carbons (Fsp3) is 1.00. The molecule has 0 aromatic carbocycles. The average Bonchev–Trinajstić information content (AvgIpc) is 2.01. The van der Waals surface area contributed by atoms with E-state index in [1.165, 1.54) is 0 Å². The molecule has 80 valence electrons. The first kappa shape index (κ1) is 12.9. The summed E-state index contributed by atoms with van der Waals surface area (Å²) in [6.45, 7) is 10.7. The summed E-state index contributed by atoms with van der Waals surface area (Å²) in [6.07, 6.45) is 0.575. The topological polar surface area (TPSA) is 27.7 Å². The average molecular weight is 190 g/mol. The van der Waals surface area contributed by atoms with Gasteiger partial charge in [-0.2, -0.15) is 0 Å². The number of hydrogen-bond donors (Lipinski definition) is 0. The summed E-state index contributed by atoms with van der Waals surface area (Å²) >= 11 is 0. The third-order valence-electron chi connectivity index (χ3n) is 1.36. The van der Waals surface area contributed by atoms with E-state index in [2.05, 4.69) is 0 Å². The second kappa shape index (κ2) is 8.48. The maximum absolute atomic E-state index is 5.30. The lowest BCUT2D eigenvalue weighted by Gasteiger charge is -2.09. The van der Waals surface area contributed by atoms with Gasteiger partial charge in [0.25, 0.3) is 0 Å². The molecule has 0 heterocycles. The van der Waals surface area contributed by atoms with Crippen molar-refractivity contribution in [1.29, 1.82) is 0 Å². The van der Waals surface area contributed by atoms with Crippen molar-refractivity contribution in [2.24, 2.45) is 0 Å². The van der Waals surface area contributed by atoms with Gasteiger partial charge < -0.3 is 14.2 Å². The molecule has 0 saturated carbocycles. The van der Waals surface area contributed by atoms with Crippen LogP contribution in [0.2, 0.25) is 0 Å². The van der Waals surface area contributed by atoms with E-state index in [4.69, 9.17) is 14.2 Å². The highest BCUT2D eigenvalue weighted by Gasteiger charge is 1.94. The van der Waals surface area contributed by atoms with Crippen LogP contribution < -0.4 is 0 Å². The number of hydrogen-bond acceptors (Lipinski definition) is 3. The third-order valence-corrected chi connectivity index (χ3v) is 1.36.